The molecule has 58 valence electrons. The van der Waals surface area contributed by atoms with Gasteiger partial charge < -0.3 is 5.32 Å². The molecule has 2 heteroatoms. The molecule has 0 aromatic heterocycles. The Hall–Kier alpha value is -0.950. The van der Waals surface area contributed by atoms with Gasteiger partial charge in [0.15, 0.2) is 0 Å². The van der Waals surface area contributed by atoms with Crippen LogP contribution in [0.15, 0.2) is 36.5 Å². The zero-order chi connectivity index (χ0) is 8.10. The first-order chi connectivity index (χ1) is 5.33. The van der Waals surface area contributed by atoms with E-state index >= 15 is 0 Å². The van der Waals surface area contributed by atoms with E-state index in [1.165, 1.54) is 0 Å². The van der Waals surface area contributed by atoms with Crippen molar-refractivity contribution in [3.05, 3.63) is 41.6 Å². The summed E-state index contributed by atoms with van der Waals surface area (Å²) >= 11 is 5.70. The van der Waals surface area contributed by atoms with E-state index in [-0.39, 0.29) is 0 Å². The molecule has 0 heterocycles. The van der Waals surface area contributed by atoms with Crippen molar-refractivity contribution < 1.29 is 0 Å². The van der Waals surface area contributed by atoms with Crippen LogP contribution in [0.2, 0.25) is 5.02 Å². The predicted octanol–water partition coefficient (Wildman–Crippen LogP) is 3.29. The van der Waals surface area contributed by atoms with E-state index in [1.807, 2.05) is 43.5 Å². The van der Waals surface area contributed by atoms with Gasteiger partial charge in [0.05, 0.1) is 0 Å². The van der Waals surface area contributed by atoms with Gasteiger partial charge in [-0.05, 0) is 37.4 Å². The quantitative estimate of drug-likeness (QED) is 0.713. The fourth-order valence-corrected chi connectivity index (χ4v) is 0.852. The van der Waals surface area contributed by atoms with Crippen LogP contribution >= 0.6 is 11.6 Å². The van der Waals surface area contributed by atoms with Crippen LogP contribution in [0.4, 0.5) is 5.69 Å². The fourth-order valence-electron chi connectivity index (χ4n) is 0.726. The molecule has 1 N–H and O–H groups in total. The highest BCUT2D eigenvalue weighted by Gasteiger charge is 1.86. The molecule has 0 atom stereocenters. The number of anilines is 1. The van der Waals surface area contributed by atoms with Crippen LogP contribution in [0.3, 0.4) is 0 Å². The lowest BCUT2D eigenvalue weighted by Gasteiger charge is -1.98. The standard InChI is InChI=1S/C9H10ClN/c1-2-7-11-9-5-3-8(10)4-6-9/h2-7,11H,1H3/b7-2-. The van der Waals surface area contributed by atoms with Crippen LogP contribution in [0.5, 0.6) is 0 Å². The van der Waals surface area contributed by atoms with E-state index in [1.54, 1.807) is 0 Å². The summed E-state index contributed by atoms with van der Waals surface area (Å²) in [4.78, 5) is 0. The second-order valence-corrected chi connectivity index (χ2v) is 2.59. The summed E-state index contributed by atoms with van der Waals surface area (Å²) in [5, 5.41) is 3.84. The Morgan fingerprint density at radius 2 is 1.91 bits per heavy atom. The van der Waals surface area contributed by atoms with Crippen molar-refractivity contribution in [3.8, 4) is 0 Å². The van der Waals surface area contributed by atoms with Gasteiger partial charge in [-0.3, -0.25) is 0 Å². The molecule has 0 aliphatic rings. The highest BCUT2D eigenvalue weighted by Crippen LogP contribution is 2.12. The molecule has 0 spiro atoms. The van der Waals surface area contributed by atoms with Crippen LogP contribution < -0.4 is 5.32 Å². The Labute approximate surface area is 71.7 Å². The van der Waals surface area contributed by atoms with Gasteiger partial charge in [-0.1, -0.05) is 17.7 Å². The third-order valence-electron chi connectivity index (χ3n) is 1.26. The maximum atomic E-state index is 5.70. The van der Waals surface area contributed by atoms with E-state index in [4.69, 9.17) is 11.6 Å². The van der Waals surface area contributed by atoms with Gasteiger partial charge >= 0.3 is 0 Å². The van der Waals surface area contributed by atoms with Crippen molar-refractivity contribution in [2.24, 2.45) is 0 Å². The number of halogens is 1. The van der Waals surface area contributed by atoms with Crippen molar-refractivity contribution >= 4 is 17.3 Å². The predicted molar refractivity (Wildman–Crippen MR) is 49.9 cm³/mol. The average molecular weight is 168 g/mol. The summed E-state index contributed by atoms with van der Waals surface area (Å²) in [6.07, 6.45) is 3.82. The number of hydrogen-bond donors (Lipinski definition) is 1. The smallest absolute Gasteiger partial charge is 0.0407 e. The molecule has 1 aromatic rings. The number of nitrogens with one attached hydrogen (secondary N) is 1. The lowest BCUT2D eigenvalue weighted by Crippen LogP contribution is -1.84. The fraction of sp³-hybridized carbons (Fsp3) is 0.111. The van der Waals surface area contributed by atoms with Gasteiger partial charge in [0.2, 0.25) is 0 Å². The summed E-state index contributed by atoms with van der Waals surface area (Å²) in [7, 11) is 0. The number of allylic oxidation sites excluding steroid dienone is 1. The van der Waals surface area contributed by atoms with Gasteiger partial charge in [0.25, 0.3) is 0 Å². The number of rotatable bonds is 2. The van der Waals surface area contributed by atoms with Crippen LogP contribution in [0, 0.1) is 0 Å². The van der Waals surface area contributed by atoms with E-state index in [9.17, 15) is 0 Å². The number of benzene rings is 1. The largest absolute Gasteiger partial charge is 0.362 e. The van der Waals surface area contributed by atoms with Crippen molar-refractivity contribution in [2.45, 2.75) is 6.92 Å². The second kappa shape index (κ2) is 4.04. The highest BCUT2D eigenvalue weighted by atomic mass is 35.5. The van der Waals surface area contributed by atoms with E-state index in [0.717, 1.165) is 10.7 Å². The summed E-state index contributed by atoms with van der Waals surface area (Å²) < 4.78 is 0. The van der Waals surface area contributed by atoms with E-state index in [2.05, 4.69) is 5.32 Å². The molecule has 0 fully saturated rings. The zero-order valence-corrected chi connectivity index (χ0v) is 7.10. The third-order valence-corrected chi connectivity index (χ3v) is 1.51. The molecule has 1 nitrogen and oxygen atoms in total. The van der Waals surface area contributed by atoms with Crippen molar-refractivity contribution in [1.29, 1.82) is 0 Å². The minimum atomic E-state index is 0.760. The first-order valence-corrected chi connectivity index (χ1v) is 3.84. The Balaban J connectivity index is 2.66. The molecule has 0 amide bonds. The highest BCUT2D eigenvalue weighted by molar-refractivity contribution is 6.30. The molecule has 1 rings (SSSR count). The lowest BCUT2D eigenvalue weighted by atomic mass is 10.3. The van der Waals surface area contributed by atoms with Gasteiger partial charge in [0.1, 0.15) is 0 Å². The molecule has 11 heavy (non-hydrogen) atoms. The summed E-state index contributed by atoms with van der Waals surface area (Å²) in [5.74, 6) is 0. The van der Waals surface area contributed by atoms with Crippen LogP contribution in [-0.2, 0) is 0 Å². The Morgan fingerprint density at radius 1 is 1.27 bits per heavy atom. The first kappa shape index (κ1) is 8.15. The summed E-state index contributed by atoms with van der Waals surface area (Å²) in [6.45, 7) is 1.96. The van der Waals surface area contributed by atoms with E-state index in [0.29, 0.717) is 0 Å². The molecule has 0 aliphatic carbocycles. The topological polar surface area (TPSA) is 12.0 Å². The van der Waals surface area contributed by atoms with E-state index < -0.39 is 0 Å². The summed E-state index contributed by atoms with van der Waals surface area (Å²) in [5.41, 5.74) is 1.05. The van der Waals surface area contributed by atoms with Crippen LogP contribution in [-0.4, -0.2) is 0 Å². The van der Waals surface area contributed by atoms with Crippen LogP contribution in [0.1, 0.15) is 6.92 Å². The van der Waals surface area contributed by atoms with Gasteiger partial charge in [0, 0.05) is 10.7 Å². The second-order valence-electron chi connectivity index (χ2n) is 2.15. The molecule has 0 saturated heterocycles. The van der Waals surface area contributed by atoms with Gasteiger partial charge in [-0.15, -0.1) is 0 Å². The average Bonchev–Trinajstić information content (AvgIpc) is 2.04. The monoisotopic (exact) mass is 167 g/mol. The minimum absolute atomic E-state index is 0.760. The van der Waals surface area contributed by atoms with Crippen molar-refractivity contribution in [2.75, 3.05) is 5.32 Å². The Kier molecular flexibility index (Phi) is 2.99. The molecule has 0 aliphatic heterocycles. The normalized spacial score (nSPS) is 10.4. The molecule has 0 unspecified atom stereocenters. The maximum absolute atomic E-state index is 5.70. The molecular formula is C9H10ClN. The van der Waals surface area contributed by atoms with Gasteiger partial charge in [-0.25, -0.2) is 0 Å². The molecular weight excluding hydrogens is 158 g/mol. The third kappa shape index (κ3) is 2.64. The molecule has 1 aromatic carbocycles. The maximum Gasteiger partial charge on any atom is 0.0407 e. The first-order valence-electron chi connectivity index (χ1n) is 3.46. The Morgan fingerprint density at radius 3 is 2.45 bits per heavy atom. The minimum Gasteiger partial charge on any atom is -0.362 e. The lowest BCUT2D eigenvalue weighted by molar-refractivity contribution is 1.56. The Bertz CT molecular complexity index is 238. The molecule has 0 radical (unpaired) electrons. The molecule has 0 bridgehead atoms. The zero-order valence-electron chi connectivity index (χ0n) is 6.34. The van der Waals surface area contributed by atoms with Crippen molar-refractivity contribution in [1.82, 2.24) is 0 Å². The summed E-state index contributed by atoms with van der Waals surface area (Å²) in [6, 6.07) is 7.57. The number of hydrogen-bond acceptors (Lipinski definition) is 1. The van der Waals surface area contributed by atoms with Gasteiger partial charge in [-0.2, -0.15) is 0 Å². The molecule has 0 saturated carbocycles. The SMILES string of the molecule is C/C=C\Nc1ccc(Cl)cc1. The van der Waals surface area contributed by atoms with Crippen LogP contribution in [0.25, 0.3) is 0 Å². The van der Waals surface area contributed by atoms with Crippen molar-refractivity contribution in [3.63, 3.8) is 0 Å².